The Hall–Kier alpha value is -0.620. The van der Waals surface area contributed by atoms with E-state index in [0.717, 1.165) is 10.0 Å². The van der Waals surface area contributed by atoms with Gasteiger partial charge in [-0.05, 0) is 46.9 Å². The van der Waals surface area contributed by atoms with Crippen LogP contribution >= 0.6 is 15.9 Å². The van der Waals surface area contributed by atoms with Gasteiger partial charge in [-0.2, -0.15) is 13.2 Å². The fourth-order valence-electron chi connectivity index (χ4n) is 1.75. The van der Waals surface area contributed by atoms with Crippen molar-refractivity contribution < 1.29 is 13.2 Å². The Bertz CT molecular complexity index is 369. The Morgan fingerprint density at radius 3 is 2.67 bits per heavy atom. The molecule has 0 bridgehead atoms. The van der Waals surface area contributed by atoms with E-state index in [9.17, 15) is 13.2 Å². The van der Waals surface area contributed by atoms with Gasteiger partial charge in [0.15, 0.2) is 0 Å². The van der Waals surface area contributed by atoms with Crippen LogP contribution < -0.4 is 5.32 Å². The Balaban J connectivity index is 2.57. The first-order valence-corrected chi connectivity index (χ1v) is 6.59. The van der Waals surface area contributed by atoms with Gasteiger partial charge in [0.05, 0.1) is 0 Å². The van der Waals surface area contributed by atoms with E-state index in [2.05, 4.69) is 26.2 Å². The third-order valence-electron chi connectivity index (χ3n) is 2.51. The molecule has 0 aliphatic carbocycles. The number of halogens is 4. The Kier molecular flexibility index (Phi) is 6.08. The summed E-state index contributed by atoms with van der Waals surface area (Å²) in [5, 5.41) is 3.08. The monoisotopic (exact) mass is 324 g/mol. The number of aromatic nitrogens is 1. The number of nitrogens with zero attached hydrogens (tertiary/aromatic N) is 1. The van der Waals surface area contributed by atoms with Crippen molar-refractivity contribution in [3.8, 4) is 0 Å². The van der Waals surface area contributed by atoms with Crippen LogP contribution in [0.25, 0.3) is 0 Å². The van der Waals surface area contributed by atoms with E-state index in [1.165, 1.54) is 0 Å². The van der Waals surface area contributed by atoms with Crippen LogP contribution in [0.1, 0.15) is 25.3 Å². The van der Waals surface area contributed by atoms with E-state index >= 15 is 0 Å². The lowest BCUT2D eigenvalue weighted by molar-refractivity contribution is -0.136. The normalized spacial score (nSPS) is 13.6. The van der Waals surface area contributed by atoms with Crippen molar-refractivity contribution in [3.05, 3.63) is 28.5 Å². The fourth-order valence-corrected chi connectivity index (χ4v) is 2.17. The van der Waals surface area contributed by atoms with Gasteiger partial charge in [0.2, 0.25) is 0 Å². The largest absolute Gasteiger partial charge is 0.389 e. The molecule has 0 saturated carbocycles. The number of rotatable bonds is 6. The van der Waals surface area contributed by atoms with E-state index in [-0.39, 0.29) is 12.5 Å². The molecule has 1 aromatic heterocycles. The van der Waals surface area contributed by atoms with Gasteiger partial charge in [0.25, 0.3) is 0 Å². The number of alkyl halides is 3. The molecule has 6 heteroatoms. The predicted molar refractivity (Wildman–Crippen MR) is 68.4 cm³/mol. The molecular weight excluding hydrogens is 309 g/mol. The zero-order chi connectivity index (χ0) is 13.6. The second kappa shape index (κ2) is 7.09. The summed E-state index contributed by atoms with van der Waals surface area (Å²) in [6.45, 7) is 2.55. The summed E-state index contributed by atoms with van der Waals surface area (Å²) in [6.07, 6.45) is -0.875. The maximum Gasteiger partial charge on any atom is 0.389 e. The third kappa shape index (κ3) is 6.35. The first-order chi connectivity index (χ1) is 8.40. The highest BCUT2D eigenvalue weighted by atomic mass is 79.9. The van der Waals surface area contributed by atoms with Crippen LogP contribution in [0.3, 0.4) is 0 Å². The standard InChI is InChI=1S/C12H16BrF3N2/c1-2-18-11(3-4-12(14,15)16)6-9-5-10(13)8-17-7-9/h5,7-8,11,18H,2-4,6H2,1H3. The van der Waals surface area contributed by atoms with Crippen molar-refractivity contribution in [2.75, 3.05) is 6.54 Å². The lowest BCUT2D eigenvalue weighted by Crippen LogP contribution is -2.32. The van der Waals surface area contributed by atoms with Crippen molar-refractivity contribution in [1.29, 1.82) is 0 Å². The molecule has 0 fully saturated rings. The quantitative estimate of drug-likeness (QED) is 0.862. The minimum absolute atomic E-state index is 0.0872. The summed E-state index contributed by atoms with van der Waals surface area (Å²) >= 11 is 3.30. The summed E-state index contributed by atoms with van der Waals surface area (Å²) in [7, 11) is 0. The molecule has 0 spiro atoms. The van der Waals surface area contributed by atoms with E-state index in [0.29, 0.717) is 13.0 Å². The van der Waals surface area contributed by atoms with Gasteiger partial charge in [-0.25, -0.2) is 0 Å². The number of hydrogen-bond acceptors (Lipinski definition) is 2. The fraction of sp³-hybridized carbons (Fsp3) is 0.583. The zero-order valence-corrected chi connectivity index (χ0v) is 11.7. The summed E-state index contributed by atoms with van der Waals surface area (Å²) in [5.41, 5.74) is 0.928. The molecule has 0 aliphatic rings. The second-order valence-electron chi connectivity index (χ2n) is 4.12. The van der Waals surface area contributed by atoms with Gasteiger partial charge in [-0.1, -0.05) is 6.92 Å². The molecule has 0 aliphatic heterocycles. The molecule has 0 aromatic carbocycles. The second-order valence-corrected chi connectivity index (χ2v) is 5.04. The highest BCUT2D eigenvalue weighted by Crippen LogP contribution is 2.23. The lowest BCUT2D eigenvalue weighted by Gasteiger charge is -2.18. The molecule has 1 unspecified atom stereocenters. The van der Waals surface area contributed by atoms with E-state index in [4.69, 9.17) is 0 Å². The lowest BCUT2D eigenvalue weighted by atomic mass is 10.0. The molecule has 1 atom stereocenters. The average Bonchev–Trinajstić information content (AvgIpc) is 2.25. The topological polar surface area (TPSA) is 24.9 Å². The van der Waals surface area contributed by atoms with E-state index in [1.807, 2.05) is 13.0 Å². The van der Waals surface area contributed by atoms with Crippen LogP contribution in [0, 0.1) is 0 Å². The van der Waals surface area contributed by atoms with Gasteiger partial charge < -0.3 is 5.32 Å². The first-order valence-electron chi connectivity index (χ1n) is 5.80. The van der Waals surface area contributed by atoms with Crippen LogP contribution in [0.15, 0.2) is 22.9 Å². The number of pyridine rings is 1. The molecular formula is C12H16BrF3N2. The van der Waals surface area contributed by atoms with Crippen LogP contribution in [0.5, 0.6) is 0 Å². The summed E-state index contributed by atoms with van der Waals surface area (Å²) in [4.78, 5) is 4.01. The van der Waals surface area contributed by atoms with Gasteiger partial charge in [-0.3, -0.25) is 4.98 Å². The highest BCUT2D eigenvalue weighted by molar-refractivity contribution is 9.10. The minimum atomic E-state index is -4.09. The molecule has 0 radical (unpaired) electrons. The zero-order valence-electron chi connectivity index (χ0n) is 10.1. The minimum Gasteiger partial charge on any atom is -0.314 e. The molecule has 1 N–H and O–H groups in total. The Labute approximate surface area is 113 Å². The maximum absolute atomic E-state index is 12.2. The van der Waals surface area contributed by atoms with Crippen molar-refractivity contribution in [1.82, 2.24) is 10.3 Å². The van der Waals surface area contributed by atoms with Gasteiger partial charge >= 0.3 is 6.18 Å². The van der Waals surface area contributed by atoms with Crippen LogP contribution in [0.2, 0.25) is 0 Å². The molecule has 0 amide bonds. The first kappa shape index (κ1) is 15.4. The van der Waals surface area contributed by atoms with Gasteiger partial charge in [0, 0.05) is 29.3 Å². The number of hydrogen-bond donors (Lipinski definition) is 1. The van der Waals surface area contributed by atoms with Crippen molar-refractivity contribution in [2.45, 2.75) is 38.4 Å². The van der Waals surface area contributed by atoms with Gasteiger partial charge in [-0.15, -0.1) is 0 Å². The van der Waals surface area contributed by atoms with Crippen LogP contribution in [-0.4, -0.2) is 23.7 Å². The molecule has 0 saturated heterocycles. The molecule has 18 heavy (non-hydrogen) atoms. The molecule has 1 rings (SSSR count). The van der Waals surface area contributed by atoms with E-state index < -0.39 is 12.6 Å². The predicted octanol–water partition coefficient (Wildman–Crippen LogP) is 3.71. The van der Waals surface area contributed by atoms with E-state index in [1.54, 1.807) is 12.4 Å². The third-order valence-corrected chi connectivity index (χ3v) is 2.95. The smallest absolute Gasteiger partial charge is 0.314 e. The van der Waals surface area contributed by atoms with Crippen LogP contribution in [-0.2, 0) is 6.42 Å². The van der Waals surface area contributed by atoms with Gasteiger partial charge in [0.1, 0.15) is 0 Å². The van der Waals surface area contributed by atoms with Crippen molar-refractivity contribution in [2.24, 2.45) is 0 Å². The summed E-state index contributed by atoms with van der Waals surface area (Å²) < 4.78 is 37.5. The SMILES string of the molecule is CCNC(CCC(F)(F)F)Cc1cncc(Br)c1. The van der Waals surface area contributed by atoms with Crippen molar-refractivity contribution in [3.63, 3.8) is 0 Å². The van der Waals surface area contributed by atoms with Crippen molar-refractivity contribution >= 4 is 15.9 Å². The Morgan fingerprint density at radius 2 is 2.11 bits per heavy atom. The molecule has 102 valence electrons. The number of nitrogens with one attached hydrogen (secondary N) is 1. The van der Waals surface area contributed by atoms with Crippen LogP contribution in [0.4, 0.5) is 13.2 Å². The average molecular weight is 325 g/mol. The summed E-state index contributed by atoms with van der Waals surface area (Å²) in [5.74, 6) is 0. The number of likely N-dealkylation sites (N-methyl/N-ethyl adjacent to an activating group) is 1. The molecule has 1 aromatic rings. The molecule has 2 nitrogen and oxygen atoms in total. The highest BCUT2D eigenvalue weighted by Gasteiger charge is 2.28. The molecule has 1 heterocycles. The maximum atomic E-state index is 12.2. The summed E-state index contributed by atoms with van der Waals surface area (Å²) in [6, 6.07) is 1.71. The Morgan fingerprint density at radius 1 is 1.39 bits per heavy atom.